The minimum absolute atomic E-state index is 0.507. The van der Waals surface area contributed by atoms with Crippen molar-refractivity contribution in [3.63, 3.8) is 0 Å². The number of rotatable bonds is 12. The minimum atomic E-state index is 0.507. The molecule has 0 bridgehead atoms. The van der Waals surface area contributed by atoms with Crippen LogP contribution in [0.1, 0.15) is 91.9 Å². The van der Waals surface area contributed by atoms with E-state index in [1.54, 1.807) is 4.91 Å². The van der Waals surface area contributed by atoms with Crippen LogP contribution in [0.4, 0.5) is 0 Å². The van der Waals surface area contributed by atoms with Gasteiger partial charge in [-0.2, -0.15) is 0 Å². The lowest BCUT2D eigenvalue weighted by atomic mass is 9.74. The average Bonchev–Trinajstić information content (AvgIpc) is 2.82. The van der Waals surface area contributed by atoms with E-state index in [-0.39, 0.29) is 0 Å². The highest BCUT2D eigenvalue weighted by Crippen LogP contribution is 2.53. The van der Waals surface area contributed by atoms with Crippen LogP contribution in [0, 0.1) is 23.7 Å². The Morgan fingerprint density at radius 1 is 0.844 bits per heavy atom. The van der Waals surface area contributed by atoms with Gasteiger partial charge in [0.05, 0.1) is 10.7 Å². The Morgan fingerprint density at radius 3 is 2.19 bits per heavy atom. The second-order valence-electron chi connectivity index (χ2n) is 10.5. The maximum absolute atomic E-state index is 4.06. The SMILES string of the molecule is CCCCC(CC)CC1NC2=CC=C3S[C@@H](CC(CC)CCCC)NC4C=CC(S1)C2C34. The van der Waals surface area contributed by atoms with Gasteiger partial charge in [-0.05, 0) is 35.7 Å². The zero-order chi connectivity index (χ0) is 22.5. The molecular formula is C28H46N2S2. The minimum Gasteiger partial charge on any atom is -0.376 e. The van der Waals surface area contributed by atoms with Gasteiger partial charge >= 0.3 is 0 Å². The van der Waals surface area contributed by atoms with E-state index >= 15 is 0 Å². The Labute approximate surface area is 206 Å². The van der Waals surface area contributed by atoms with Crippen LogP contribution in [0.15, 0.2) is 34.9 Å². The van der Waals surface area contributed by atoms with E-state index in [0.717, 1.165) is 11.8 Å². The third-order valence-electron chi connectivity index (χ3n) is 8.24. The standard InChI is InChI=1S/C28H46N2S2/c1-5-9-11-19(7-3)17-25-29-21-13-16-24-28-22(14-15-23(31-25)27(21)28)30-26(32-24)18-20(8-4)12-10-6-2/h13-16,19-21,24-30H,5-12,17-18H2,1-4H3/t19?,20?,21?,24?,25-,26?,27?,28?/m0/s1. The first-order valence-corrected chi connectivity index (χ1v) is 15.4. The fraction of sp³-hybridized carbons (Fsp3) is 0.786. The van der Waals surface area contributed by atoms with Crippen LogP contribution in [0.3, 0.4) is 0 Å². The van der Waals surface area contributed by atoms with E-state index in [4.69, 9.17) is 0 Å². The van der Waals surface area contributed by atoms with Crippen LogP contribution in [-0.2, 0) is 0 Å². The largest absolute Gasteiger partial charge is 0.376 e. The molecule has 4 rings (SSSR count). The fourth-order valence-electron chi connectivity index (χ4n) is 6.19. The van der Waals surface area contributed by atoms with E-state index in [0.29, 0.717) is 33.9 Å². The first kappa shape index (κ1) is 24.8. The second-order valence-corrected chi connectivity index (χ2v) is 13.1. The van der Waals surface area contributed by atoms with Crippen LogP contribution in [-0.4, -0.2) is 22.0 Å². The molecule has 2 N–H and O–H groups in total. The Bertz CT molecular complexity index is 642. The summed E-state index contributed by atoms with van der Waals surface area (Å²) in [6, 6.07) is 0.507. The molecule has 180 valence electrons. The molecule has 0 amide bonds. The van der Waals surface area contributed by atoms with Gasteiger partial charge in [-0.1, -0.05) is 97.3 Å². The lowest BCUT2D eigenvalue weighted by Crippen LogP contribution is -2.56. The maximum Gasteiger partial charge on any atom is 0.0728 e. The summed E-state index contributed by atoms with van der Waals surface area (Å²) in [6.45, 7) is 9.39. The molecule has 4 aliphatic rings. The Hall–Kier alpha value is -0.320. The average molecular weight is 475 g/mol. The molecule has 2 aliphatic heterocycles. The normalized spacial score (nSPS) is 34.8. The lowest BCUT2D eigenvalue weighted by Gasteiger charge is -2.51. The first-order chi connectivity index (χ1) is 15.7. The van der Waals surface area contributed by atoms with Gasteiger partial charge < -0.3 is 5.32 Å². The smallest absolute Gasteiger partial charge is 0.0728 e. The van der Waals surface area contributed by atoms with E-state index in [2.05, 4.69) is 86.2 Å². The monoisotopic (exact) mass is 474 g/mol. The highest BCUT2D eigenvalue weighted by atomic mass is 32.2. The molecule has 2 fully saturated rings. The Balaban J connectivity index is 1.44. The maximum atomic E-state index is 4.06. The summed E-state index contributed by atoms with van der Waals surface area (Å²) in [7, 11) is 0. The highest BCUT2D eigenvalue weighted by Gasteiger charge is 2.48. The van der Waals surface area contributed by atoms with Crippen molar-refractivity contribution in [2.75, 3.05) is 0 Å². The summed E-state index contributed by atoms with van der Waals surface area (Å²) in [5.41, 5.74) is 1.52. The molecule has 8 atom stereocenters. The molecule has 2 saturated heterocycles. The molecule has 7 unspecified atom stereocenters. The summed E-state index contributed by atoms with van der Waals surface area (Å²) in [6.07, 6.45) is 23.4. The van der Waals surface area contributed by atoms with Gasteiger partial charge in [-0.25, -0.2) is 0 Å². The molecule has 0 saturated carbocycles. The molecule has 0 aromatic rings. The second kappa shape index (κ2) is 11.9. The van der Waals surface area contributed by atoms with Crippen LogP contribution in [0.2, 0.25) is 0 Å². The topological polar surface area (TPSA) is 24.1 Å². The summed E-state index contributed by atoms with van der Waals surface area (Å²) in [4.78, 5) is 1.64. The highest BCUT2D eigenvalue weighted by molar-refractivity contribution is 8.03. The quantitative estimate of drug-likeness (QED) is 0.281. The van der Waals surface area contributed by atoms with Gasteiger partial charge in [0.15, 0.2) is 0 Å². The van der Waals surface area contributed by atoms with Crippen LogP contribution in [0.25, 0.3) is 0 Å². The van der Waals surface area contributed by atoms with Crippen molar-refractivity contribution in [3.05, 3.63) is 34.9 Å². The third-order valence-corrected chi connectivity index (χ3v) is 10.9. The van der Waals surface area contributed by atoms with Gasteiger partial charge in [0.1, 0.15) is 0 Å². The molecule has 32 heavy (non-hydrogen) atoms. The van der Waals surface area contributed by atoms with E-state index in [1.165, 1.54) is 69.9 Å². The molecule has 4 heteroatoms. The Morgan fingerprint density at radius 2 is 1.53 bits per heavy atom. The molecule has 2 heterocycles. The zero-order valence-electron chi connectivity index (χ0n) is 20.8. The summed E-state index contributed by atoms with van der Waals surface area (Å²) >= 11 is 4.36. The van der Waals surface area contributed by atoms with Crippen molar-refractivity contribution >= 4 is 23.5 Å². The number of thioether (sulfide) groups is 2. The number of allylic oxidation sites excluding steroid dienone is 3. The van der Waals surface area contributed by atoms with Gasteiger partial charge in [0, 0.05) is 28.8 Å². The lowest BCUT2D eigenvalue weighted by molar-refractivity contribution is 0.295. The number of hydrogen-bond acceptors (Lipinski definition) is 4. The summed E-state index contributed by atoms with van der Waals surface area (Å²) in [5, 5.41) is 9.83. The number of nitrogens with one attached hydrogen (secondary N) is 2. The van der Waals surface area contributed by atoms with E-state index in [9.17, 15) is 0 Å². The van der Waals surface area contributed by atoms with Crippen molar-refractivity contribution < 1.29 is 0 Å². The predicted molar refractivity (Wildman–Crippen MR) is 145 cm³/mol. The third kappa shape index (κ3) is 5.66. The van der Waals surface area contributed by atoms with Gasteiger partial charge in [-0.3, -0.25) is 5.32 Å². The van der Waals surface area contributed by atoms with Crippen molar-refractivity contribution in [2.24, 2.45) is 23.7 Å². The van der Waals surface area contributed by atoms with Crippen molar-refractivity contribution in [1.29, 1.82) is 0 Å². The van der Waals surface area contributed by atoms with Gasteiger partial charge in [-0.15, -0.1) is 23.5 Å². The summed E-state index contributed by atoms with van der Waals surface area (Å²) < 4.78 is 0. The van der Waals surface area contributed by atoms with Crippen molar-refractivity contribution in [3.8, 4) is 0 Å². The number of hydrogen-bond donors (Lipinski definition) is 2. The van der Waals surface area contributed by atoms with Gasteiger partial charge in [0.2, 0.25) is 0 Å². The first-order valence-electron chi connectivity index (χ1n) is 13.6. The van der Waals surface area contributed by atoms with Gasteiger partial charge in [0.25, 0.3) is 0 Å². The fourth-order valence-corrected chi connectivity index (χ4v) is 9.34. The van der Waals surface area contributed by atoms with Crippen LogP contribution >= 0.6 is 23.5 Å². The predicted octanol–water partition coefficient (Wildman–Crippen LogP) is 7.85. The molecule has 2 nitrogen and oxygen atoms in total. The Kier molecular flexibility index (Phi) is 9.21. The summed E-state index contributed by atoms with van der Waals surface area (Å²) in [5.74, 6) is 2.98. The molecular weight excluding hydrogens is 428 g/mol. The van der Waals surface area contributed by atoms with Crippen LogP contribution < -0.4 is 10.6 Å². The van der Waals surface area contributed by atoms with E-state index < -0.39 is 0 Å². The van der Waals surface area contributed by atoms with Crippen LogP contribution in [0.5, 0.6) is 0 Å². The zero-order valence-corrected chi connectivity index (χ0v) is 22.4. The molecule has 0 radical (unpaired) electrons. The molecule has 0 spiro atoms. The molecule has 0 aromatic heterocycles. The molecule has 0 aromatic carbocycles. The van der Waals surface area contributed by atoms with Crippen molar-refractivity contribution in [2.45, 2.75) is 114 Å². The van der Waals surface area contributed by atoms with E-state index in [1.807, 2.05) is 0 Å². The number of unbranched alkanes of at least 4 members (excludes halogenated alkanes) is 2. The molecule has 2 aliphatic carbocycles. The van der Waals surface area contributed by atoms with Crippen molar-refractivity contribution in [1.82, 2.24) is 10.6 Å².